The van der Waals surface area contributed by atoms with Gasteiger partial charge < -0.3 is 14.6 Å². The number of phenolic OH excluding ortho intramolecular Hbond substituents is 1. The first-order valence-electron chi connectivity index (χ1n) is 13.1. The maximum atomic E-state index is 10.9. The average molecular weight is 436 g/mol. The largest absolute Gasteiger partial charge is 0.504 e. The van der Waals surface area contributed by atoms with E-state index in [1.165, 1.54) is 49.9 Å². The highest BCUT2D eigenvalue weighted by molar-refractivity contribution is 5.63. The van der Waals surface area contributed by atoms with Crippen LogP contribution >= 0.6 is 0 Å². The van der Waals surface area contributed by atoms with E-state index in [4.69, 9.17) is 9.47 Å². The van der Waals surface area contributed by atoms with Crippen LogP contribution in [0, 0.1) is 22.7 Å². The van der Waals surface area contributed by atoms with Gasteiger partial charge in [0.1, 0.15) is 11.7 Å². The number of phenols is 1. The van der Waals surface area contributed by atoms with Crippen LogP contribution in [0.1, 0.15) is 77.3 Å². The van der Waals surface area contributed by atoms with E-state index in [9.17, 15) is 5.11 Å². The van der Waals surface area contributed by atoms with Crippen molar-refractivity contribution in [1.29, 1.82) is 0 Å². The summed E-state index contributed by atoms with van der Waals surface area (Å²) < 4.78 is 14.2. The first kappa shape index (κ1) is 19.1. The van der Waals surface area contributed by atoms with Crippen molar-refractivity contribution in [3.8, 4) is 11.5 Å². The number of nitrogens with zero attached hydrogens (tertiary/aromatic N) is 1. The van der Waals surface area contributed by atoms with E-state index in [2.05, 4.69) is 38.7 Å². The number of fused-ring (bicyclic) bond motifs is 1. The van der Waals surface area contributed by atoms with Crippen molar-refractivity contribution >= 4 is 0 Å². The Labute approximate surface area is 191 Å². The zero-order chi connectivity index (χ0) is 21.9. The third-order valence-corrected chi connectivity index (χ3v) is 12.1. The fraction of sp³-hybridized carbons (Fsp3) is 0.786. The first-order valence-corrected chi connectivity index (χ1v) is 13.1. The normalized spacial score (nSPS) is 48.3. The molecule has 172 valence electrons. The molecular formula is C28H37NO3. The second kappa shape index (κ2) is 5.20. The van der Waals surface area contributed by atoms with Gasteiger partial charge in [-0.15, -0.1) is 0 Å². The summed E-state index contributed by atoms with van der Waals surface area (Å²) in [6, 6.07) is 4.70. The first-order chi connectivity index (χ1) is 15.2. The lowest BCUT2D eigenvalue weighted by molar-refractivity contribution is -0.272. The molecule has 0 amide bonds. The average Bonchev–Trinajstić information content (AvgIpc) is 3.44. The number of ether oxygens (including phenoxy) is 2. The number of likely N-dealkylation sites (tertiary alicyclic amines) is 1. The number of hydrogen-bond donors (Lipinski definition) is 1. The van der Waals surface area contributed by atoms with E-state index in [-0.39, 0.29) is 33.6 Å². The van der Waals surface area contributed by atoms with Crippen molar-refractivity contribution in [3.05, 3.63) is 23.3 Å². The molecule has 4 bridgehead atoms. The molecule has 4 heteroatoms. The quantitative estimate of drug-likeness (QED) is 0.724. The Balaban J connectivity index is 1.40. The molecule has 5 aliphatic carbocycles. The highest BCUT2D eigenvalue weighted by Crippen LogP contribution is 2.80. The van der Waals surface area contributed by atoms with Crippen LogP contribution in [0.4, 0.5) is 0 Å². The summed E-state index contributed by atoms with van der Waals surface area (Å²) in [6.07, 6.45) is 8.76. The van der Waals surface area contributed by atoms with E-state index in [0.717, 1.165) is 30.9 Å². The van der Waals surface area contributed by atoms with Crippen LogP contribution in [-0.4, -0.2) is 46.4 Å². The van der Waals surface area contributed by atoms with Crippen molar-refractivity contribution in [2.45, 2.75) is 101 Å². The summed E-state index contributed by atoms with van der Waals surface area (Å²) >= 11 is 0. The summed E-state index contributed by atoms with van der Waals surface area (Å²) in [5.41, 5.74) is 2.74. The maximum absolute atomic E-state index is 10.9. The van der Waals surface area contributed by atoms with Crippen LogP contribution in [0.25, 0.3) is 0 Å². The van der Waals surface area contributed by atoms with E-state index in [1.807, 2.05) is 6.07 Å². The lowest BCUT2D eigenvalue weighted by Crippen LogP contribution is -2.80. The number of benzene rings is 1. The molecule has 1 aromatic carbocycles. The van der Waals surface area contributed by atoms with Crippen molar-refractivity contribution in [2.24, 2.45) is 22.7 Å². The molecule has 0 unspecified atom stereocenters. The molecule has 3 aliphatic heterocycles. The van der Waals surface area contributed by atoms with Crippen molar-refractivity contribution in [3.63, 3.8) is 0 Å². The van der Waals surface area contributed by atoms with Crippen LogP contribution in [0.3, 0.4) is 0 Å². The van der Waals surface area contributed by atoms with Crippen molar-refractivity contribution in [2.75, 3.05) is 13.1 Å². The van der Waals surface area contributed by atoms with Crippen LogP contribution in [-0.2, 0) is 16.6 Å². The lowest BCUT2D eigenvalue weighted by atomic mass is 9.33. The number of aromatic hydroxyl groups is 1. The molecule has 6 fully saturated rings. The zero-order valence-electron chi connectivity index (χ0n) is 20.0. The molecule has 0 radical (unpaired) electrons. The summed E-state index contributed by atoms with van der Waals surface area (Å²) in [7, 11) is 0. The van der Waals surface area contributed by atoms with E-state index in [1.54, 1.807) is 0 Å². The van der Waals surface area contributed by atoms with E-state index < -0.39 is 0 Å². The molecule has 1 N–H and O–H groups in total. The molecule has 9 rings (SSSR count). The molecule has 0 aromatic heterocycles. The third-order valence-electron chi connectivity index (χ3n) is 12.1. The minimum atomic E-state index is -0.238. The second-order valence-corrected chi connectivity index (χ2v) is 13.5. The second-order valence-electron chi connectivity index (χ2n) is 13.5. The van der Waals surface area contributed by atoms with E-state index >= 15 is 0 Å². The molecule has 3 spiro atoms. The Bertz CT molecular complexity index is 1060. The predicted molar refractivity (Wildman–Crippen MR) is 122 cm³/mol. The predicted octanol–water partition coefficient (Wildman–Crippen LogP) is 4.81. The fourth-order valence-electron chi connectivity index (χ4n) is 10.1. The minimum Gasteiger partial charge on any atom is -0.504 e. The van der Waals surface area contributed by atoms with Gasteiger partial charge in [-0.1, -0.05) is 19.9 Å². The molecule has 4 nitrogen and oxygen atoms in total. The van der Waals surface area contributed by atoms with Crippen LogP contribution in [0.15, 0.2) is 12.1 Å². The Morgan fingerprint density at radius 3 is 2.69 bits per heavy atom. The van der Waals surface area contributed by atoms with E-state index in [0.29, 0.717) is 17.7 Å². The maximum Gasteiger partial charge on any atom is 0.165 e. The number of rotatable bonds is 2. The van der Waals surface area contributed by atoms with Gasteiger partial charge in [-0.2, -0.15) is 0 Å². The topological polar surface area (TPSA) is 41.9 Å². The molecule has 32 heavy (non-hydrogen) atoms. The third kappa shape index (κ3) is 1.74. The fourth-order valence-corrected chi connectivity index (χ4v) is 10.1. The molecule has 3 heterocycles. The Morgan fingerprint density at radius 1 is 1.09 bits per heavy atom. The van der Waals surface area contributed by atoms with Crippen molar-refractivity contribution < 1.29 is 14.6 Å². The molecule has 8 aliphatic rings. The molecule has 6 atom stereocenters. The summed E-state index contributed by atoms with van der Waals surface area (Å²) in [4.78, 5) is 2.90. The molecular weight excluding hydrogens is 398 g/mol. The van der Waals surface area contributed by atoms with Crippen LogP contribution in [0.2, 0.25) is 0 Å². The van der Waals surface area contributed by atoms with Crippen molar-refractivity contribution in [1.82, 2.24) is 4.90 Å². The highest BCUT2D eigenvalue weighted by Gasteiger charge is 2.84. The highest BCUT2D eigenvalue weighted by atomic mass is 16.6. The van der Waals surface area contributed by atoms with Crippen LogP contribution in [0.5, 0.6) is 11.5 Å². The standard InChI is InChI=1S/C28H37NO3/c1-24(2)19-14-26-9-10-28(19,32-25(24,3)4)23-27(26)11-12-29(15-16-5-6-16)20(26)13-17-7-8-18(30)22(31-23)21(17)27/h7-8,16,19-20,23,30H,5-6,9-15H2,1-4H3/t19-,20+,23+,26+,27-,28-/m0/s1. The zero-order valence-corrected chi connectivity index (χ0v) is 20.0. The van der Waals surface area contributed by atoms with Gasteiger partial charge >= 0.3 is 0 Å². The van der Waals surface area contributed by atoms with Gasteiger partial charge in [0.25, 0.3) is 0 Å². The van der Waals surface area contributed by atoms with Gasteiger partial charge in [0.05, 0.1) is 5.60 Å². The smallest absolute Gasteiger partial charge is 0.165 e. The number of piperidine rings is 1. The van der Waals surface area contributed by atoms with Gasteiger partial charge in [0, 0.05) is 34.9 Å². The monoisotopic (exact) mass is 435 g/mol. The summed E-state index contributed by atoms with van der Waals surface area (Å²) in [5.74, 6) is 2.56. The Morgan fingerprint density at radius 2 is 1.91 bits per heavy atom. The minimum absolute atomic E-state index is 0.00459. The Kier molecular flexibility index (Phi) is 3.10. The van der Waals surface area contributed by atoms with Gasteiger partial charge in [-0.25, -0.2) is 0 Å². The van der Waals surface area contributed by atoms with Crippen LogP contribution < -0.4 is 4.74 Å². The van der Waals surface area contributed by atoms with Gasteiger partial charge in [-0.3, -0.25) is 4.90 Å². The van der Waals surface area contributed by atoms with Gasteiger partial charge in [0.15, 0.2) is 11.5 Å². The molecule has 1 aromatic rings. The molecule has 2 saturated heterocycles. The SMILES string of the molecule is CC1(C)O[C@@]23CC[C@@]4(C[C@H]2C1(C)C)[C@H]1Cc2ccc(O)c5c2[C@@]4(CCN1CC1CC1)[C@H]3O5. The summed E-state index contributed by atoms with van der Waals surface area (Å²) in [6.45, 7) is 12.0. The van der Waals surface area contributed by atoms with Gasteiger partial charge in [0.2, 0.25) is 0 Å². The van der Waals surface area contributed by atoms with Gasteiger partial charge in [-0.05, 0) is 88.3 Å². The Hall–Kier alpha value is -1.26. The summed E-state index contributed by atoms with van der Waals surface area (Å²) in [5, 5.41) is 10.9. The lowest BCUT2D eigenvalue weighted by Gasteiger charge is -2.73. The molecule has 4 saturated carbocycles. The number of hydrogen-bond acceptors (Lipinski definition) is 4.